The van der Waals surface area contributed by atoms with Crippen molar-refractivity contribution in [2.45, 2.75) is 13.2 Å². The van der Waals surface area contributed by atoms with E-state index in [1.807, 2.05) is 30.3 Å². The van der Waals surface area contributed by atoms with Crippen LogP contribution in [0.15, 0.2) is 48.5 Å². The Morgan fingerprint density at radius 2 is 1.68 bits per heavy atom. The Morgan fingerprint density at radius 1 is 0.920 bits per heavy atom. The Morgan fingerprint density at radius 3 is 2.40 bits per heavy atom. The summed E-state index contributed by atoms with van der Waals surface area (Å²) in [7, 11) is 0. The standard InChI is InChI=1S/C18H16Cl2N4O/c19-12-6-7-13(14(20)8-12)16-15(23-18(22)24-17(16)21)10-25-9-11-4-2-1-3-5-11/h1-8H,9-10H2,(H4,21,22,23,24). The molecule has 128 valence electrons. The lowest BCUT2D eigenvalue weighted by atomic mass is 10.0. The van der Waals surface area contributed by atoms with Gasteiger partial charge in [-0.3, -0.25) is 0 Å². The van der Waals surface area contributed by atoms with Crippen LogP contribution in [0.1, 0.15) is 11.3 Å². The first kappa shape index (κ1) is 17.5. The Hall–Kier alpha value is -2.34. The zero-order valence-corrected chi connectivity index (χ0v) is 14.8. The second-order valence-electron chi connectivity index (χ2n) is 5.39. The van der Waals surface area contributed by atoms with Crippen LogP contribution in [0.3, 0.4) is 0 Å². The van der Waals surface area contributed by atoms with Gasteiger partial charge in [-0.15, -0.1) is 0 Å². The van der Waals surface area contributed by atoms with Crippen molar-refractivity contribution in [2.75, 3.05) is 11.5 Å². The van der Waals surface area contributed by atoms with Crippen LogP contribution in [0.4, 0.5) is 11.8 Å². The zero-order chi connectivity index (χ0) is 17.8. The first-order chi connectivity index (χ1) is 12.0. The van der Waals surface area contributed by atoms with Gasteiger partial charge in [-0.2, -0.15) is 4.98 Å². The van der Waals surface area contributed by atoms with Crippen molar-refractivity contribution in [3.63, 3.8) is 0 Å². The molecule has 1 heterocycles. The summed E-state index contributed by atoms with van der Waals surface area (Å²) in [6, 6.07) is 15.0. The minimum atomic E-state index is 0.0876. The summed E-state index contributed by atoms with van der Waals surface area (Å²) in [5.41, 5.74) is 14.7. The number of rotatable bonds is 5. The maximum atomic E-state index is 6.31. The lowest BCUT2D eigenvalue weighted by molar-refractivity contribution is 0.105. The van der Waals surface area contributed by atoms with E-state index in [4.69, 9.17) is 39.4 Å². The number of benzene rings is 2. The van der Waals surface area contributed by atoms with Crippen molar-refractivity contribution in [2.24, 2.45) is 0 Å². The number of nitrogen functional groups attached to an aromatic ring is 2. The van der Waals surface area contributed by atoms with Crippen molar-refractivity contribution in [1.82, 2.24) is 9.97 Å². The molecule has 0 aliphatic heterocycles. The van der Waals surface area contributed by atoms with E-state index in [-0.39, 0.29) is 18.4 Å². The molecule has 0 aliphatic rings. The number of anilines is 2. The Bertz CT molecular complexity index is 888. The van der Waals surface area contributed by atoms with Crippen LogP contribution >= 0.6 is 23.2 Å². The lowest BCUT2D eigenvalue weighted by Crippen LogP contribution is -2.08. The quantitative estimate of drug-likeness (QED) is 0.693. The van der Waals surface area contributed by atoms with Gasteiger partial charge in [-0.05, 0) is 17.7 Å². The summed E-state index contributed by atoms with van der Waals surface area (Å²) in [4.78, 5) is 8.31. The Kier molecular flexibility index (Phi) is 5.38. The van der Waals surface area contributed by atoms with Crippen molar-refractivity contribution in [1.29, 1.82) is 0 Å². The van der Waals surface area contributed by atoms with Gasteiger partial charge in [-0.25, -0.2) is 4.98 Å². The SMILES string of the molecule is Nc1nc(N)c(-c2ccc(Cl)cc2Cl)c(COCc2ccccc2)n1. The molecule has 5 nitrogen and oxygen atoms in total. The molecule has 7 heteroatoms. The molecule has 0 atom stereocenters. The maximum absolute atomic E-state index is 6.31. The minimum absolute atomic E-state index is 0.0876. The molecular weight excluding hydrogens is 359 g/mol. The molecular formula is C18H16Cl2N4O. The predicted octanol–water partition coefficient (Wildman–Crippen LogP) is 4.33. The maximum Gasteiger partial charge on any atom is 0.222 e. The van der Waals surface area contributed by atoms with E-state index in [0.29, 0.717) is 33.5 Å². The van der Waals surface area contributed by atoms with Gasteiger partial charge in [0.1, 0.15) is 5.82 Å². The second kappa shape index (κ2) is 7.70. The fraction of sp³-hybridized carbons (Fsp3) is 0.111. The van der Waals surface area contributed by atoms with Crippen LogP contribution in [0.25, 0.3) is 11.1 Å². The van der Waals surface area contributed by atoms with Crippen molar-refractivity contribution < 1.29 is 4.74 Å². The summed E-state index contributed by atoms with van der Waals surface area (Å²) in [5, 5.41) is 0.988. The highest BCUT2D eigenvalue weighted by atomic mass is 35.5. The summed E-state index contributed by atoms with van der Waals surface area (Å²) in [6.45, 7) is 0.665. The molecule has 0 saturated heterocycles. The second-order valence-corrected chi connectivity index (χ2v) is 6.23. The summed E-state index contributed by atoms with van der Waals surface area (Å²) in [5.74, 6) is 0.333. The highest BCUT2D eigenvalue weighted by molar-refractivity contribution is 6.36. The van der Waals surface area contributed by atoms with Gasteiger partial charge in [0.15, 0.2) is 0 Å². The number of ether oxygens (including phenoxy) is 1. The van der Waals surface area contributed by atoms with Crippen LogP contribution in [0.5, 0.6) is 0 Å². The van der Waals surface area contributed by atoms with E-state index in [0.717, 1.165) is 5.56 Å². The molecule has 0 aliphatic carbocycles. The number of nitrogens with two attached hydrogens (primary N) is 2. The smallest absolute Gasteiger partial charge is 0.222 e. The lowest BCUT2D eigenvalue weighted by Gasteiger charge is -2.14. The van der Waals surface area contributed by atoms with E-state index in [1.54, 1.807) is 18.2 Å². The first-order valence-electron chi connectivity index (χ1n) is 7.53. The van der Waals surface area contributed by atoms with Gasteiger partial charge in [0.25, 0.3) is 0 Å². The third-order valence-corrected chi connectivity index (χ3v) is 4.13. The van der Waals surface area contributed by atoms with Crippen LogP contribution in [-0.4, -0.2) is 9.97 Å². The van der Waals surface area contributed by atoms with Crippen LogP contribution in [-0.2, 0) is 18.0 Å². The number of hydrogen-bond donors (Lipinski definition) is 2. The Labute approximate surface area is 155 Å². The monoisotopic (exact) mass is 374 g/mol. The fourth-order valence-electron chi connectivity index (χ4n) is 2.48. The summed E-state index contributed by atoms with van der Waals surface area (Å²) < 4.78 is 5.77. The number of hydrogen-bond acceptors (Lipinski definition) is 5. The molecule has 3 aromatic rings. The molecule has 0 fully saturated rings. The molecule has 0 unspecified atom stereocenters. The fourth-order valence-corrected chi connectivity index (χ4v) is 2.98. The molecule has 25 heavy (non-hydrogen) atoms. The normalized spacial score (nSPS) is 10.8. The minimum Gasteiger partial charge on any atom is -0.383 e. The molecule has 0 radical (unpaired) electrons. The highest BCUT2D eigenvalue weighted by Crippen LogP contribution is 2.35. The summed E-state index contributed by atoms with van der Waals surface area (Å²) >= 11 is 12.3. The molecule has 4 N–H and O–H groups in total. The van der Waals surface area contributed by atoms with E-state index >= 15 is 0 Å². The molecule has 1 aromatic heterocycles. The van der Waals surface area contributed by atoms with E-state index in [2.05, 4.69) is 9.97 Å². The number of nitrogens with zero attached hydrogens (tertiary/aromatic N) is 2. The van der Waals surface area contributed by atoms with Crippen molar-refractivity contribution >= 4 is 35.0 Å². The van der Waals surface area contributed by atoms with E-state index in [1.165, 1.54) is 0 Å². The van der Waals surface area contributed by atoms with Gasteiger partial charge in [-0.1, -0.05) is 59.6 Å². The largest absolute Gasteiger partial charge is 0.383 e. The molecule has 3 rings (SSSR count). The highest BCUT2D eigenvalue weighted by Gasteiger charge is 2.16. The van der Waals surface area contributed by atoms with E-state index < -0.39 is 0 Å². The Balaban J connectivity index is 1.90. The zero-order valence-electron chi connectivity index (χ0n) is 13.2. The third kappa shape index (κ3) is 4.20. The van der Waals surface area contributed by atoms with Gasteiger partial charge < -0.3 is 16.2 Å². The van der Waals surface area contributed by atoms with Gasteiger partial charge in [0, 0.05) is 16.1 Å². The van der Waals surface area contributed by atoms with Crippen LogP contribution in [0.2, 0.25) is 10.0 Å². The van der Waals surface area contributed by atoms with Crippen LogP contribution in [0, 0.1) is 0 Å². The van der Waals surface area contributed by atoms with Gasteiger partial charge >= 0.3 is 0 Å². The topological polar surface area (TPSA) is 87.0 Å². The average molecular weight is 375 g/mol. The molecule has 0 spiro atoms. The predicted molar refractivity (Wildman–Crippen MR) is 101 cm³/mol. The van der Waals surface area contributed by atoms with Crippen molar-refractivity contribution in [3.05, 3.63) is 69.8 Å². The third-order valence-electron chi connectivity index (χ3n) is 3.58. The van der Waals surface area contributed by atoms with Gasteiger partial charge in [0.05, 0.1) is 23.9 Å². The first-order valence-corrected chi connectivity index (χ1v) is 8.29. The average Bonchev–Trinajstić information content (AvgIpc) is 2.57. The molecule has 0 amide bonds. The molecule has 0 bridgehead atoms. The van der Waals surface area contributed by atoms with E-state index in [9.17, 15) is 0 Å². The van der Waals surface area contributed by atoms with Gasteiger partial charge in [0.2, 0.25) is 5.95 Å². The number of halogens is 2. The summed E-state index contributed by atoms with van der Waals surface area (Å²) in [6.07, 6.45) is 0. The molecule has 2 aromatic carbocycles. The van der Waals surface area contributed by atoms with Crippen LogP contribution < -0.4 is 11.5 Å². The molecule has 0 saturated carbocycles. The van der Waals surface area contributed by atoms with Crippen molar-refractivity contribution in [3.8, 4) is 11.1 Å². The number of aromatic nitrogens is 2.